The molecule has 0 saturated heterocycles. The van der Waals surface area contributed by atoms with Crippen LogP contribution >= 0.6 is 23.4 Å². The normalized spacial score (nSPS) is 10.1. The van der Waals surface area contributed by atoms with Crippen LogP contribution in [0.3, 0.4) is 0 Å². The summed E-state index contributed by atoms with van der Waals surface area (Å²) in [5, 5.41) is 13.9. The van der Waals surface area contributed by atoms with Gasteiger partial charge in [0.15, 0.2) is 0 Å². The summed E-state index contributed by atoms with van der Waals surface area (Å²) >= 11 is 7.07. The van der Waals surface area contributed by atoms with E-state index in [0.29, 0.717) is 10.7 Å². The van der Waals surface area contributed by atoms with Gasteiger partial charge in [0.25, 0.3) is 5.69 Å². The summed E-state index contributed by atoms with van der Waals surface area (Å²) in [5.74, 6) is 0.0705. The van der Waals surface area contributed by atoms with Crippen LogP contribution in [0.1, 0.15) is 0 Å². The van der Waals surface area contributed by atoms with E-state index in [1.165, 1.54) is 23.9 Å². The molecule has 0 bridgehead atoms. The fraction of sp³-hybridized carbons (Fsp3) is 0.0714. The van der Waals surface area contributed by atoms with Crippen LogP contribution in [0, 0.1) is 10.1 Å². The van der Waals surface area contributed by atoms with E-state index in [2.05, 4.69) is 5.32 Å². The van der Waals surface area contributed by atoms with Crippen LogP contribution in [0.25, 0.3) is 0 Å². The van der Waals surface area contributed by atoms with Gasteiger partial charge in [-0.1, -0.05) is 11.6 Å². The SMILES string of the molecule is O=C(CSc1ccc([N+](=O)[O-])cc1)Nc1ccc(Cl)cc1. The lowest BCUT2D eigenvalue weighted by molar-refractivity contribution is -0.384. The van der Waals surface area contributed by atoms with Crippen LogP contribution in [0.5, 0.6) is 0 Å². The minimum Gasteiger partial charge on any atom is -0.325 e. The molecule has 108 valence electrons. The summed E-state index contributed by atoms with van der Waals surface area (Å²) in [6, 6.07) is 12.9. The Hall–Kier alpha value is -2.05. The summed E-state index contributed by atoms with van der Waals surface area (Å²) in [4.78, 5) is 22.6. The number of nitro benzene ring substituents is 1. The molecule has 2 aromatic rings. The van der Waals surface area contributed by atoms with Crippen molar-refractivity contribution in [2.24, 2.45) is 0 Å². The number of carbonyl (C=O) groups is 1. The van der Waals surface area contributed by atoms with Gasteiger partial charge in [0.2, 0.25) is 5.91 Å². The van der Waals surface area contributed by atoms with E-state index in [1.807, 2.05) is 0 Å². The Labute approximate surface area is 130 Å². The fourth-order valence-corrected chi connectivity index (χ4v) is 2.37. The van der Waals surface area contributed by atoms with E-state index in [0.717, 1.165) is 4.90 Å². The third-order valence-electron chi connectivity index (χ3n) is 2.55. The molecule has 0 aliphatic carbocycles. The molecule has 0 aliphatic rings. The first kappa shape index (κ1) is 15.3. The molecular weight excluding hydrogens is 312 g/mol. The Morgan fingerprint density at radius 1 is 1.14 bits per heavy atom. The first-order valence-electron chi connectivity index (χ1n) is 5.97. The second-order valence-corrected chi connectivity index (χ2v) is 5.58. The van der Waals surface area contributed by atoms with Crippen LogP contribution in [0.4, 0.5) is 11.4 Å². The average Bonchev–Trinajstić information content (AvgIpc) is 2.48. The van der Waals surface area contributed by atoms with Crippen molar-refractivity contribution in [3.63, 3.8) is 0 Å². The number of nitro groups is 1. The van der Waals surface area contributed by atoms with Gasteiger partial charge in [-0.15, -0.1) is 11.8 Å². The lowest BCUT2D eigenvalue weighted by Crippen LogP contribution is -2.13. The number of anilines is 1. The van der Waals surface area contributed by atoms with Crippen LogP contribution in [-0.4, -0.2) is 16.6 Å². The third kappa shape index (κ3) is 4.77. The third-order valence-corrected chi connectivity index (χ3v) is 3.81. The zero-order chi connectivity index (χ0) is 15.2. The van der Waals surface area contributed by atoms with Gasteiger partial charge in [0.05, 0.1) is 10.7 Å². The van der Waals surface area contributed by atoms with Crippen LogP contribution < -0.4 is 5.32 Å². The summed E-state index contributed by atoms with van der Waals surface area (Å²) in [7, 11) is 0. The lowest BCUT2D eigenvalue weighted by Gasteiger charge is -2.05. The van der Waals surface area contributed by atoms with Crippen LogP contribution in [-0.2, 0) is 4.79 Å². The zero-order valence-electron chi connectivity index (χ0n) is 10.8. The van der Waals surface area contributed by atoms with Crippen LogP contribution in [0.2, 0.25) is 5.02 Å². The van der Waals surface area contributed by atoms with Gasteiger partial charge >= 0.3 is 0 Å². The van der Waals surface area contributed by atoms with Crippen molar-refractivity contribution in [3.8, 4) is 0 Å². The number of carbonyl (C=O) groups excluding carboxylic acids is 1. The standard InChI is InChI=1S/C14H11ClN2O3S/c15-10-1-3-11(4-2-10)16-14(18)9-21-13-7-5-12(6-8-13)17(19)20/h1-8H,9H2,(H,16,18). The number of thioether (sulfide) groups is 1. The molecule has 5 nitrogen and oxygen atoms in total. The smallest absolute Gasteiger partial charge is 0.269 e. The van der Waals surface area contributed by atoms with E-state index in [4.69, 9.17) is 11.6 Å². The molecule has 0 atom stereocenters. The van der Waals surface area contributed by atoms with Crippen molar-refractivity contribution in [2.45, 2.75) is 4.90 Å². The number of hydrogen-bond donors (Lipinski definition) is 1. The van der Waals surface area contributed by atoms with E-state index in [-0.39, 0.29) is 17.3 Å². The van der Waals surface area contributed by atoms with Crippen LogP contribution in [0.15, 0.2) is 53.4 Å². The van der Waals surface area contributed by atoms with Gasteiger partial charge < -0.3 is 5.32 Å². The predicted octanol–water partition coefficient (Wildman–Crippen LogP) is 3.98. The van der Waals surface area contributed by atoms with Gasteiger partial charge in [-0.3, -0.25) is 14.9 Å². The zero-order valence-corrected chi connectivity index (χ0v) is 12.4. The van der Waals surface area contributed by atoms with Crippen molar-refractivity contribution in [3.05, 3.63) is 63.7 Å². The molecular formula is C14H11ClN2O3S. The summed E-state index contributed by atoms with van der Waals surface area (Å²) < 4.78 is 0. The van der Waals surface area contributed by atoms with Gasteiger partial charge in [0, 0.05) is 27.7 Å². The van der Waals surface area contributed by atoms with E-state index >= 15 is 0 Å². The Morgan fingerprint density at radius 2 is 1.76 bits per heavy atom. The number of non-ortho nitro benzene ring substituents is 1. The van der Waals surface area contributed by atoms with Gasteiger partial charge in [-0.25, -0.2) is 0 Å². The van der Waals surface area contributed by atoms with Crippen molar-refractivity contribution >= 4 is 40.6 Å². The molecule has 0 heterocycles. The number of hydrogen-bond acceptors (Lipinski definition) is 4. The number of rotatable bonds is 5. The summed E-state index contributed by atoms with van der Waals surface area (Å²) in [6.45, 7) is 0. The highest BCUT2D eigenvalue weighted by Gasteiger charge is 2.07. The molecule has 0 unspecified atom stereocenters. The first-order chi connectivity index (χ1) is 10.0. The second-order valence-electron chi connectivity index (χ2n) is 4.09. The van der Waals surface area contributed by atoms with Crippen molar-refractivity contribution in [2.75, 3.05) is 11.1 Å². The van der Waals surface area contributed by atoms with E-state index in [1.54, 1.807) is 36.4 Å². The molecule has 2 rings (SSSR count). The monoisotopic (exact) mass is 322 g/mol. The minimum atomic E-state index is -0.457. The van der Waals surface area contributed by atoms with E-state index in [9.17, 15) is 14.9 Å². The highest BCUT2D eigenvalue weighted by Crippen LogP contribution is 2.21. The van der Waals surface area contributed by atoms with Crippen molar-refractivity contribution in [1.29, 1.82) is 0 Å². The Morgan fingerprint density at radius 3 is 2.33 bits per heavy atom. The Balaban J connectivity index is 1.86. The van der Waals surface area contributed by atoms with Gasteiger partial charge in [0.1, 0.15) is 0 Å². The maximum atomic E-state index is 11.8. The number of benzene rings is 2. The predicted molar refractivity (Wildman–Crippen MR) is 83.9 cm³/mol. The molecule has 0 saturated carbocycles. The number of nitrogens with one attached hydrogen (secondary N) is 1. The fourth-order valence-electron chi connectivity index (χ4n) is 1.54. The topological polar surface area (TPSA) is 72.2 Å². The van der Waals surface area contributed by atoms with Gasteiger partial charge in [-0.05, 0) is 36.4 Å². The lowest BCUT2D eigenvalue weighted by atomic mass is 10.3. The summed E-state index contributed by atoms with van der Waals surface area (Å²) in [5.41, 5.74) is 0.707. The maximum absolute atomic E-state index is 11.8. The highest BCUT2D eigenvalue weighted by atomic mass is 35.5. The van der Waals surface area contributed by atoms with Gasteiger partial charge in [-0.2, -0.15) is 0 Å². The molecule has 0 spiro atoms. The molecule has 7 heteroatoms. The summed E-state index contributed by atoms with van der Waals surface area (Å²) in [6.07, 6.45) is 0. The number of halogens is 1. The molecule has 0 aliphatic heterocycles. The number of amides is 1. The number of nitrogens with zero attached hydrogens (tertiary/aromatic N) is 1. The molecule has 1 N–H and O–H groups in total. The molecule has 21 heavy (non-hydrogen) atoms. The molecule has 0 aromatic heterocycles. The van der Waals surface area contributed by atoms with Crippen molar-refractivity contribution in [1.82, 2.24) is 0 Å². The van der Waals surface area contributed by atoms with Crippen molar-refractivity contribution < 1.29 is 9.72 Å². The highest BCUT2D eigenvalue weighted by molar-refractivity contribution is 8.00. The largest absolute Gasteiger partial charge is 0.325 e. The maximum Gasteiger partial charge on any atom is 0.269 e. The second kappa shape index (κ2) is 7.10. The molecule has 2 aromatic carbocycles. The Kier molecular flexibility index (Phi) is 5.19. The molecule has 1 amide bonds. The first-order valence-corrected chi connectivity index (χ1v) is 7.33. The minimum absolute atomic E-state index is 0.0324. The Bertz CT molecular complexity index is 644. The molecule has 0 radical (unpaired) electrons. The average molecular weight is 323 g/mol. The van der Waals surface area contributed by atoms with E-state index < -0.39 is 4.92 Å². The quantitative estimate of drug-likeness (QED) is 0.513. The molecule has 0 fully saturated rings.